The van der Waals surface area contributed by atoms with Crippen LogP contribution in [0.25, 0.3) is 0 Å². The Morgan fingerprint density at radius 2 is 1.41 bits per heavy atom. The molecule has 0 saturated heterocycles. The summed E-state index contributed by atoms with van der Waals surface area (Å²) in [6, 6.07) is 9.39. The van der Waals surface area contributed by atoms with E-state index in [1.165, 1.54) is 11.3 Å². The summed E-state index contributed by atoms with van der Waals surface area (Å²) in [5, 5.41) is 40.2. The predicted molar refractivity (Wildman–Crippen MR) is 98.2 cm³/mol. The SMILES string of the molecule is CCc1ccccc1N(C)C.O=[N+]([O-])c1cc([N+](=O)[O-])c(O)c([N+](=O)[O-])c1. The Bertz CT molecular complexity index is 833. The number of para-hydroxylation sites is 1. The van der Waals surface area contributed by atoms with Crippen molar-refractivity contribution in [3.8, 4) is 5.75 Å². The van der Waals surface area contributed by atoms with Gasteiger partial charge in [-0.05, 0) is 18.1 Å². The van der Waals surface area contributed by atoms with Crippen LogP contribution in [0.2, 0.25) is 0 Å². The zero-order chi connectivity index (χ0) is 20.7. The second-order valence-corrected chi connectivity index (χ2v) is 5.48. The molecule has 0 atom stereocenters. The van der Waals surface area contributed by atoms with Gasteiger partial charge in [-0.2, -0.15) is 0 Å². The number of rotatable bonds is 5. The molecule has 2 rings (SSSR count). The highest BCUT2D eigenvalue weighted by Crippen LogP contribution is 2.38. The van der Waals surface area contributed by atoms with Gasteiger partial charge in [0.1, 0.15) is 0 Å². The van der Waals surface area contributed by atoms with Crippen molar-refractivity contribution in [3.05, 3.63) is 72.3 Å². The molecule has 0 fully saturated rings. The summed E-state index contributed by atoms with van der Waals surface area (Å²) in [4.78, 5) is 29.9. The summed E-state index contributed by atoms with van der Waals surface area (Å²) in [6.07, 6.45) is 1.11. The molecule has 0 radical (unpaired) electrons. The van der Waals surface area contributed by atoms with Crippen molar-refractivity contribution in [3.63, 3.8) is 0 Å². The highest BCUT2D eigenvalue weighted by atomic mass is 16.6. The minimum Gasteiger partial charge on any atom is -0.497 e. The molecule has 0 amide bonds. The molecule has 0 bridgehead atoms. The first kappa shape index (κ1) is 21.3. The first-order valence-electron chi connectivity index (χ1n) is 7.65. The van der Waals surface area contributed by atoms with Gasteiger partial charge < -0.3 is 10.0 Å². The van der Waals surface area contributed by atoms with Gasteiger partial charge in [0, 0.05) is 19.8 Å². The topological polar surface area (TPSA) is 153 Å². The summed E-state index contributed by atoms with van der Waals surface area (Å²) in [5.41, 5.74) is -0.259. The van der Waals surface area contributed by atoms with Gasteiger partial charge in [0.15, 0.2) is 0 Å². The van der Waals surface area contributed by atoms with Gasteiger partial charge in [0.25, 0.3) is 11.4 Å². The summed E-state index contributed by atoms with van der Waals surface area (Å²) in [7, 11) is 4.16. The van der Waals surface area contributed by atoms with E-state index in [4.69, 9.17) is 5.11 Å². The lowest BCUT2D eigenvalue weighted by atomic mass is 10.1. The van der Waals surface area contributed by atoms with Crippen molar-refractivity contribution >= 4 is 22.7 Å². The lowest BCUT2D eigenvalue weighted by Crippen LogP contribution is -2.10. The molecule has 144 valence electrons. The van der Waals surface area contributed by atoms with E-state index in [9.17, 15) is 30.3 Å². The van der Waals surface area contributed by atoms with E-state index in [0.29, 0.717) is 12.1 Å². The van der Waals surface area contributed by atoms with E-state index in [-0.39, 0.29) is 0 Å². The lowest BCUT2D eigenvalue weighted by Gasteiger charge is -2.15. The van der Waals surface area contributed by atoms with Crippen LogP contribution in [-0.2, 0) is 6.42 Å². The Morgan fingerprint density at radius 3 is 1.74 bits per heavy atom. The van der Waals surface area contributed by atoms with Crippen molar-refractivity contribution in [1.82, 2.24) is 0 Å². The van der Waals surface area contributed by atoms with Crippen LogP contribution in [-0.4, -0.2) is 34.0 Å². The van der Waals surface area contributed by atoms with Crippen LogP contribution in [0.4, 0.5) is 22.7 Å². The third-order valence-electron chi connectivity index (χ3n) is 3.51. The number of benzene rings is 2. The summed E-state index contributed by atoms with van der Waals surface area (Å²) in [5.74, 6) is -1.21. The summed E-state index contributed by atoms with van der Waals surface area (Å²) in [6.45, 7) is 2.18. The Balaban J connectivity index is 0.000000289. The second kappa shape index (κ2) is 9.08. The maximum absolute atomic E-state index is 10.4. The number of anilines is 1. The molecule has 2 aromatic rings. The smallest absolute Gasteiger partial charge is 0.324 e. The highest BCUT2D eigenvalue weighted by molar-refractivity contribution is 5.64. The van der Waals surface area contributed by atoms with Gasteiger partial charge in [-0.1, -0.05) is 25.1 Å². The molecular weight excluding hydrogens is 360 g/mol. The molecule has 0 spiro atoms. The minimum atomic E-state index is -1.21. The largest absolute Gasteiger partial charge is 0.497 e. The molecule has 27 heavy (non-hydrogen) atoms. The zero-order valence-corrected chi connectivity index (χ0v) is 14.9. The standard InChI is InChI=1S/C10H15N.C6H3N3O7/c1-4-9-7-5-6-8-10(9)11(2)3;10-6-4(8(13)14)1-3(7(11)12)2-5(6)9(15)16/h5-8H,4H2,1-3H3;1-2,10H. The van der Waals surface area contributed by atoms with E-state index in [1.54, 1.807) is 0 Å². The van der Waals surface area contributed by atoms with Crippen LogP contribution in [0, 0.1) is 30.3 Å². The van der Waals surface area contributed by atoms with E-state index in [1.807, 2.05) is 0 Å². The monoisotopic (exact) mass is 378 g/mol. The summed E-state index contributed by atoms with van der Waals surface area (Å²) >= 11 is 0. The number of phenols is 1. The molecule has 1 N–H and O–H groups in total. The third kappa shape index (κ3) is 5.36. The predicted octanol–water partition coefficient (Wildman–Crippen LogP) is 3.43. The molecule has 0 aliphatic rings. The summed E-state index contributed by atoms with van der Waals surface area (Å²) < 4.78 is 0. The van der Waals surface area contributed by atoms with Gasteiger partial charge >= 0.3 is 11.4 Å². The first-order chi connectivity index (χ1) is 12.6. The molecule has 2 aromatic carbocycles. The lowest BCUT2D eigenvalue weighted by molar-refractivity contribution is -0.404. The zero-order valence-electron chi connectivity index (χ0n) is 14.9. The number of nitrogens with zero attached hydrogens (tertiary/aromatic N) is 4. The van der Waals surface area contributed by atoms with Crippen molar-refractivity contribution in [1.29, 1.82) is 0 Å². The van der Waals surface area contributed by atoms with Gasteiger partial charge in [-0.3, -0.25) is 30.3 Å². The second-order valence-electron chi connectivity index (χ2n) is 5.48. The number of nitro groups is 3. The molecular formula is C16H18N4O7. The number of phenolic OH excluding ortho intramolecular Hbond substituents is 1. The number of hydrogen-bond donors (Lipinski definition) is 1. The van der Waals surface area contributed by atoms with Crippen molar-refractivity contribution in [2.24, 2.45) is 0 Å². The number of aromatic hydroxyl groups is 1. The molecule has 0 aliphatic carbocycles. The maximum Gasteiger partial charge on any atom is 0.324 e. The van der Waals surface area contributed by atoms with Crippen molar-refractivity contribution in [2.75, 3.05) is 19.0 Å². The fourth-order valence-corrected chi connectivity index (χ4v) is 2.22. The van der Waals surface area contributed by atoms with Crippen LogP contribution < -0.4 is 4.90 Å². The Labute approximate surface area is 153 Å². The van der Waals surface area contributed by atoms with E-state index >= 15 is 0 Å². The fourth-order valence-electron chi connectivity index (χ4n) is 2.22. The molecule has 0 unspecified atom stereocenters. The van der Waals surface area contributed by atoms with Crippen molar-refractivity contribution in [2.45, 2.75) is 13.3 Å². The number of hydrogen-bond acceptors (Lipinski definition) is 8. The van der Waals surface area contributed by atoms with Crippen LogP contribution in [0.5, 0.6) is 5.75 Å². The maximum atomic E-state index is 10.4. The molecule has 0 heterocycles. The molecule has 11 heteroatoms. The average molecular weight is 378 g/mol. The Hall–Kier alpha value is -3.76. The average Bonchev–Trinajstić information content (AvgIpc) is 2.61. The van der Waals surface area contributed by atoms with E-state index < -0.39 is 37.6 Å². The molecule has 11 nitrogen and oxygen atoms in total. The van der Waals surface area contributed by atoms with Crippen LogP contribution in [0.3, 0.4) is 0 Å². The molecule has 0 saturated carbocycles. The number of nitro benzene ring substituents is 3. The first-order valence-corrected chi connectivity index (χ1v) is 7.65. The van der Waals surface area contributed by atoms with E-state index in [0.717, 1.165) is 6.42 Å². The van der Waals surface area contributed by atoms with Crippen LogP contribution in [0.15, 0.2) is 36.4 Å². The fraction of sp³-hybridized carbons (Fsp3) is 0.250. The molecule has 0 aliphatic heterocycles. The van der Waals surface area contributed by atoms with Gasteiger partial charge in [0.05, 0.1) is 26.9 Å². The normalized spacial score (nSPS) is 9.74. The number of aryl methyl sites for hydroxylation is 1. The number of non-ortho nitro benzene ring substituents is 1. The van der Waals surface area contributed by atoms with Gasteiger partial charge in [0.2, 0.25) is 0 Å². The van der Waals surface area contributed by atoms with Gasteiger partial charge in [-0.15, -0.1) is 0 Å². The van der Waals surface area contributed by atoms with Crippen molar-refractivity contribution < 1.29 is 19.9 Å². The Kier molecular flexibility index (Phi) is 7.16. The van der Waals surface area contributed by atoms with E-state index in [2.05, 4.69) is 50.2 Å². The van der Waals surface area contributed by atoms with Crippen LogP contribution in [0.1, 0.15) is 12.5 Å². The third-order valence-corrected chi connectivity index (χ3v) is 3.51. The van der Waals surface area contributed by atoms with Crippen LogP contribution >= 0.6 is 0 Å². The molecule has 0 aromatic heterocycles. The minimum absolute atomic E-state index is 0.447. The highest BCUT2D eigenvalue weighted by Gasteiger charge is 2.30. The van der Waals surface area contributed by atoms with Gasteiger partial charge in [-0.25, -0.2) is 0 Å². The Morgan fingerprint density at radius 1 is 0.926 bits per heavy atom. The quantitative estimate of drug-likeness (QED) is 0.613.